The van der Waals surface area contributed by atoms with E-state index in [4.69, 9.17) is 5.73 Å². The van der Waals surface area contributed by atoms with E-state index < -0.39 is 11.8 Å². The van der Waals surface area contributed by atoms with Gasteiger partial charge in [-0.2, -0.15) is 10.2 Å². The van der Waals surface area contributed by atoms with E-state index in [1.165, 1.54) is 21.6 Å². The third kappa shape index (κ3) is 3.63. The number of hydrogen-bond acceptors (Lipinski definition) is 8. The largest absolute Gasteiger partial charge is 0.364 e. The predicted octanol–water partition coefficient (Wildman–Crippen LogP) is 0.0708. The smallest absolute Gasteiger partial charge is 0.271 e. The van der Waals surface area contributed by atoms with Gasteiger partial charge >= 0.3 is 0 Å². The van der Waals surface area contributed by atoms with Gasteiger partial charge in [0.1, 0.15) is 11.4 Å². The lowest BCUT2D eigenvalue weighted by molar-refractivity contribution is 0.0996. The molecule has 1 saturated heterocycles. The number of anilines is 2. The molecule has 12 nitrogen and oxygen atoms in total. The van der Waals surface area contributed by atoms with Crippen molar-refractivity contribution >= 4 is 29.0 Å². The lowest BCUT2D eigenvalue weighted by Crippen LogP contribution is -2.43. The van der Waals surface area contributed by atoms with E-state index in [0.29, 0.717) is 11.3 Å². The van der Waals surface area contributed by atoms with Crippen molar-refractivity contribution in [3.05, 3.63) is 60.4 Å². The van der Waals surface area contributed by atoms with Gasteiger partial charge in [-0.25, -0.2) is 14.2 Å². The van der Waals surface area contributed by atoms with Gasteiger partial charge < -0.3 is 21.3 Å². The standard InChI is InChI=1S/C20H20N10O2/c21-18(31)17-15(12-30(27-17)13-1-4-22-5-2-13)25-20(32)14-11-24-29-8-3-16(26-19(14)29)28-9-6-23-7-10-28/h1-5,8,11-12,23H,6-7,9-10H2,(H2,21,31)(H,25,32). The van der Waals surface area contributed by atoms with Gasteiger partial charge in [0, 0.05) is 44.8 Å². The lowest BCUT2D eigenvalue weighted by Gasteiger charge is -2.28. The van der Waals surface area contributed by atoms with Crippen molar-refractivity contribution in [2.45, 2.75) is 0 Å². The summed E-state index contributed by atoms with van der Waals surface area (Å²) in [5.74, 6) is -0.453. The van der Waals surface area contributed by atoms with E-state index in [0.717, 1.165) is 32.0 Å². The lowest BCUT2D eigenvalue weighted by atomic mass is 10.3. The summed E-state index contributed by atoms with van der Waals surface area (Å²) >= 11 is 0. The van der Waals surface area contributed by atoms with Crippen LogP contribution in [0.3, 0.4) is 0 Å². The molecule has 0 aromatic carbocycles. The van der Waals surface area contributed by atoms with Gasteiger partial charge in [-0.3, -0.25) is 14.6 Å². The maximum atomic E-state index is 13.1. The summed E-state index contributed by atoms with van der Waals surface area (Å²) < 4.78 is 2.99. The number of amides is 2. The molecule has 0 saturated carbocycles. The first-order valence-corrected chi connectivity index (χ1v) is 10.0. The van der Waals surface area contributed by atoms with Crippen molar-refractivity contribution in [1.82, 2.24) is 34.7 Å². The minimum Gasteiger partial charge on any atom is -0.364 e. The summed E-state index contributed by atoms with van der Waals surface area (Å²) in [5, 5.41) is 14.4. The van der Waals surface area contributed by atoms with Crippen LogP contribution in [0.15, 0.2) is 49.2 Å². The predicted molar refractivity (Wildman–Crippen MR) is 116 cm³/mol. The summed E-state index contributed by atoms with van der Waals surface area (Å²) in [5.41, 5.74) is 6.97. The molecule has 162 valence electrons. The van der Waals surface area contributed by atoms with Crippen LogP contribution in [-0.4, -0.2) is 67.4 Å². The zero-order valence-corrected chi connectivity index (χ0v) is 17.0. The molecule has 5 rings (SSSR count). The van der Waals surface area contributed by atoms with Gasteiger partial charge in [0.15, 0.2) is 11.3 Å². The number of piperazine rings is 1. The molecule has 4 aromatic rings. The van der Waals surface area contributed by atoms with Gasteiger partial charge in [0.05, 0.1) is 23.8 Å². The molecule has 2 amide bonds. The molecule has 5 heterocycles. The first-order chi connectivity index (χ1) is 15.6. The Morgan fingerprint density at radius 3 is 2.66 bits per heavy atom. The molecule has 4 N–H and O–H groups in total. The summed E-state index contributed by atoms with van der Waals surface area (Å²) in [6.07, 6.45) is 7.93. The van der Waals surface area contributed by atoms with Gasteiger partial charge in [0.25, 0.3) is 11.8 Å². The van der Waals surface area contributed by atoms with Crippen LogP contribution in [0, 0.1) is 0 Å². The number of nitrogens with two attached hydrogens (primary N) is 1. The number of aromatic nitrogens is 6. The Hall–Kier alpha value is -4.32. The monoisotopic (exact) mass is 432 g/mol. The van der Waals surface area contributed by atoms with Crippen LogP contribution >= 0.6 is 0 Å². The number of carbonyl (C=O) groups is 2. The fourth-order valence-electron chi connectivity index (χ4n) is 3.56. The Kier molecular flexibility index (Phi) is 4.95. The highest BCUT2D eigenvalue weighted by atomic mass is 16.2. The quantitative estimate of drug-likeness (QED) is 0.401. The Morgan fingerprint density at radius 2 is 1.91 bits per heavy atom. The van der Waals surface area contributed by atoms with Crippen LogP contribution in [0.2, 0.25) is 0 Å². The van der Waals surface area contributed by atoms with Crippen molar-refractivity contribution in [3.8, 4) is 5.69 Å². The molecule has 0 spiro atoms. The van der Waals surface area contributed by atoms with E-state index in [1.54, 1.807) is 30.7 Å². The SMILES string of the molecule is NC(=O)c1nn(-c2ccncc2)cc1NC(=O)c1cnn2ccc(N3CCNCC3)nc12. The molecular formula is C20H20N10O2. The highest BCUT2D eigenvalue weighted by molar-refractivity contribution is 6.10. The molecule has 1 fully saturated rings. The summed E-state index contributed by atoms with van der Waals surface area (Å²) in [4.78, 5) is 35.7. The zero-order chi connectivity index (χ0) is 22.1. The van der Waals surface area contributed by atoms with Crippen molar-refractivity contribution in [2.75, 3.05) is 36.4 Å². The second kappa shape index (κ2) is 8.07. The number of pyridine rings is 1. The first kappa shape index (κ1) is 19.6. The molecule has 4 aromatic heterocycles. The van der Waals surface area contributed by atoms with Crippen molar-refractivity contribution in [2.24, 2.45) is 5.73 Å². The molecule has 0 atom stereocenters. The van der Waals surface area contributed by atoms with E-state index in [2.05, 4.69) is 35.7 Å². The number of nitrogens with one attached hydrogen (secondary N) is 2. The number of hydrogen-bond donors (Lipinski definition) is 3. The molecule has 0 aliphatic carbocycles. The third-order valence-electron chi connectivity index (χ3n) is 5.16. The number of carbonyl (C=O) groups excluding carboxylic acids is 2. The summed E-state index contributed by atoms with van der Waals surface area (Å²) in [7, 11) is 0. The molecule has 0 unspecified atom stereocenters. The minimum absolute atomic E-state index is 0.0545. The Morgan fingerprint density at radius 1 is 1.12 bits per heavy atom. The van der Waals surface area contributed by atoms with Gasteiger partial charge in [-0.15, -0.1) is 0 Å². The number of primary amides is 1. The minimum atomic E-state index is -0.757. The first-order valence-electron chi connectivity index (χ1n) is 10.0. The number of fused-ring (bicyclic) bond motifs is 1. The van der Waals surface area contributed by atoms with E-state index >= 15 is 0 Å². The number of rotatable bonds is 5. The van der Waals surface area contributed by atoms with Crippen molar-refractivity contribution < 1.29 is 9.59 Å². The third-order valence-corrected chi connectivity index (χ3v) is 5.16. The van der Waals surface area contributed by atoms with Gasteiger partial charge in [-0.05, 0) is 18.2 Å². The second-order valence-corrected chi connectivity index (χ2v) is 7.21. The summed E-state index contributed by atoms with van der Waals surface area (Å²) in [6.45, 7) is 3.40. The molecule has 0 radical (unpaired) electrons. The van der Waals surface area contributed by atoms with E-state index in [1.807, 2.05) is 6.07 Å². The highest BCUT2D eigenvalue weighted by Gasteiger charge is 2.21. The van der Waals surface area contributed by atoms with Crippen LogP contribution in [0.5, 0.6) is 0 Å². The fraction of sp³-hybridized carbons (Fsp3) is 0.200. The van der Waals surface area contributed by atoms with Crippen LogP contribution in [-0.2, 0) is 0 Å². The maximum absolute atomic E-state index is 13.1. The second-order valence-electron chi connectivity index (χ2n) is 7.21. The average molecular weight is 432 g/mol. The topological polar surface area (TPSA) is 148 Å². The van der Waals surface area contributed by atoms with E-state index in [9.17, 15) is 9.59 Å². The molecule has 1 aliphatic heterocycles. The Balaban J connectivity index is 1.46. The average Bonchev–Trinajstić information content (AvgIpc) is 3.44. The zero-order valence-electron chi connectivity index (χ0n) is 17.0. The van der Waals surface area contributed by atoms with E-state index in [-0.39, 0.29) is 16.9 Å². The summed E-state index contributed by atoms with van der Waals surface area (Å²) in [6, 6.07) is 5.31. The Labute approximate surface area is 182 Å². The normalized spacial score (nSPS) is 13.9. The van der Waals surface area contributed by atoms with Crippen LogP contribution in [0.4, 0.5) is 11.5 Å². The van der Waals surface area contributed by atoms with Crippen LogP contribution in [0.1, 0.15) is 20.8 Å². The maximum Gasteiger partial charge on any atom is 0.271 e. The van der Waals surface area contributed by atoms with Crippen molar-refractivity contribution in [1.29, 1.82) is 0 Å². The number of nitrogens with zero attached hydrogens (tertiary/aromatic N) is 7. The van der Waals surface area contributed by atoms with Crippen LogP contribution in [0.25, 0.3) is 11.3 Å². The molecule has 32 heavy (non-hydrogen) atoms. The fourth-order valence-corrected chi connectivity index (χ4v) is 3.56. The molecule has 1 aliphatic rings. The molecule has 0 bridgehead atoms. The highest BCUT2D eigenvalue weighted by Crippen LogP contribution is 2.20. The van der Waals surface area contributed by atoms with Gasteiger partial charge in [-0.1, -0.05) is 0 Å². The van der Waals surface area contributed by atoms with Gasteiger partial charge in [0.2, 0.25) is 0 Å². The molecule has 12 heteroatoms. The van der Waals surface area contributed by atoms with Crippen LogP contribution < -0.4 is 21.3 Å². The van der Waals surface area contributed by atoms with Crippen molar-refractivity contribution in [3.63, 3.8) is 0 Å². The molecular weight excluding hydrogens is 412 g/mol. The Bertz CT molecular complexity index is 1290.